The number of hydrogen-bond acceptors (Lipinski definition) is 2. The summed E-state index contributed by atoms with van der Waals surface area (Å²) in [6, 6.07) is 20.2. The smallest absolute Gasteiger partial charge is 0.275 e. The van der Waals surface area contributed by atoms with Crippen molar-refractivity contribution in [3.8, 4) is 0 Å². The van der Waals surface area contributed by atoms with Crippen LogP contribution in [0.1, 0.15) is 70.4 Å². The van der Waals surface area contributed by atoms with E-state index >= 15 is 0 Å². The molecule has 0 aliphatic heterocycles. The largest absolute Gasteiger partial charge is 0.463 e. The molecule has 1 atom stereocenters. The molecule has 0 aliphatic carbocycles. The number of ether oxygens (including phenoxy) is 1. The van der Waals surface area contributed by atoms with Gasteiger partial charge in [0, 0.05) is 18.5 Å². The first-order valence-corrected chi connectivity index (χ1v) is 15.2. The van der Waals surface area contributed by atoms with Gasteiger partial charge in [-0.2, -0.15) is 0 Å². The highest BCUT2D eigenvalue weighted by Crippen LogP contribution is 2.61. The number of benzene rings is 2. The first-order chi connectivity index (χ1) is 16.1. The fraction of sp³-hybridized carbons (Fsp3) is 0.483. The highest BCUT2D eigenvalue weighted by atomic mass is 31.2. The Hall–Kier alpha value is -1.86. The molecular weight excluding hydrogens is 422 g/mol. The first kappa shape index (κ1) is 27.4. The van der Waals surface area contributed by atoms with Gasteiger partial charge in [0.05, 0.1) is 0 Å². The minimum Gasteiger partial charge on any atom is -0.463 e. The lowest BCUT2D eigenvalue weighted by molar-refractivity contribution is -0.143. The molecule has 2 radical (unpaired) electrons. The van der Waals surface area contributed by atoms with Crippen LogP contribution >= 0.6 is 7.14 Å². The topological polar surface area (TPSA) is 26.3 Å². The van der Waals surface area contributed by atoms with Crippen LogP contribution in [0, 0.1) is 0 Å². The van der Waals surface area contributed by atoms with Crippen molar-refractivity contribution in [2.24, 2.45) is 0 Å². The average Bonchev–Trinajstić information content (AvgIpc) is 2.87. The summed E-state index contributed by atoms with van der Waals surface area (Å²) < 4.78 is 5.83. The third-order valence-corrected chi connectivity index (χ3v) is 10.7. The van der Waals surface area contributed by atoms with Crippen molar-refractivity contribution in [3.05, 3.63) is 77.9 Å². The molecule has 1 unspecified atom stereocenters. The number of esters is 1. The summed E-state index contributed by atoms with van der Waals surface area (Å²) in [6.45, 7) is 9.61. The maximum atomic E-state index is 13.3. The fourth-order valence-corrected chi connectivity index (χ4v) is 8.97. The molecule has 0 aromatic heterocycles. The van der Waals surface area contributed by atoms with E-state index in [2.05, 4.69) is 52.1 Å². The van der Waals surface area contributed by atoms with Crippen molar-refractivity contribution in [2.75, 3.05) is 18.5 Å². The van der Waals surface area contributed by atoms with E-state index in [0.29, 0.717) is 6.61 Å². The van der Waals surface area contributed by atoms with E-state index in [0.717, 1.165) is 11.1 Å². The summed E-state index contributed by atoms with van der Waals surface area (Å²) in [5, 5.41) is 0. The van der Waals surface area contributed by atoms with Gasteiger partial charge in [-0.3, -0.25) is 4.79 Å². The molecule has 0 spiro atoms. The highest BCUT2D eigenvalue weighted by molar-refractivity contribution is 8.00. The highest BCUT2D eigenvalue weighted by Gasteiger charge is 2.28. The van der Waals surface area contributed by atoms with Gasteiger partial charge in [0.1, 0.15) is 6.61 Å². The summed E-state index contributed by atoms with van der Waals surface area (Å²) in [5.74, 6) is -0.423. The van der Waals surface area contributed by atoms with Gasteiger partial charge < -0.3 is 4.74 Å². The second-order valence-corrected chi connectivity index (χ2v) is 13.1. The maximum Gasteiger partial charge on any atom is 0.275 e. The van der Waals surface area contributed by atoms with Crippen LogP contribution in [0.25, 0.3) is 6.08 Å². The normalized spacial score (nSPS) is 12.7. The van der Waals surface area contributed by atoms with Crippen LogP contribution in [0.3, 0.4) is 0 Å². The van der Waals surface area contributed by atoms with Crippen LogP contribution in [0.2, 0.25) is 5.82 Å². The van der Waals surface area contributed by atoms with Crippen LogP contribution in [-0.2, 0) is 16.1 Å². The molecule has 0 bridgehead atoms. The van der Waals surface area contributed by atoms with Crippen molar-refractivity contribution < 1.29 is 9.53 Å². The van der Waals surface area contributed by atoms with Crippen molar-refractivity contribution in [1.29, 1.82) is 0 Å². The molecule has 178 valence electrons. The number of carbonyl (C=O) groups excluding carboxylic acids is 1. The summed E-state index contributed by atoms with van der Waals surface area (Å²) in [7, 11) is -1.35. The molecule has 2 rings (SSSR count). The Bertz CT molecular complexity index is 785. The molecule has 2 aromatic carbocycles. The molecule has 0 saturated carbocycles. The van der Waals surface area contributed by atoms with Gasteiger partial charge in [-0.1, -0.05) is 120 Å². The van der Waals surface area contributed by atoms with Gasteiger partial charge in [-0.05, 0) is 30.4 Å². The lowest BCUT2D eigenvalue weighted by Gasteiger charge is -2.42. The summed E-state index contributed by atoms with van der Waals surface area (Å²) in [6.07, 6.45) is 15.3. The lowest BCUT2D eigenvalue weighted by Crippen LogP contribution is -2.24. The molecule has 2 nitrogen and oxygen atoms in total. The average molecular weight is 464 g/mol. The fourth-order valence-electron chi connectivity index (χ4n) is 4.11. The van der Waals surface area contributed by atoms with E-state index in [-0.39, 0.29) is 11.8 Å². The van der Waals surface area contributed by atoms with Gasteiger partial charge in [-0.15, -0.1) is 6.08 Å². The minimum absolute atomic E-state index is 0.125. The zero-order valence-corrected chi connectivity index (χ0v) is 21.8. The van der Waals surface area contributed by atoms with Crippen LogP contribution in [0.4, 0.5) is 0 Å². The Morgan fingerprint density at radius 3 is 1.88 bits per heavy atom. The Morgan fingerprint density at radius 1 is 0.848 bits per heavy atom. The van der Waals surface area contributed by atoms with E-state index in [4.69, 9.17) is 4.74 Å². The SMILES string of the molecule is CCCC[P+]([B-]C(/C=C/c1ccccc1)C(=O)OCc1ccccc1)(CCCC)CCCC. The molecule has 0 saturated heterocycles. The molecule has 2 aromatic rings. The molecule has 4 heteroatoms. The zero-order valence-electron chi connectivity index (χ0n) is 20.9. The van der Waals surface area contributed by atoms with E-state index in [9.17, 15) is 4.79 Å². The second-order valence-electron chi connectivity index (χ2n) is 8.99. The van der Waals surface area contributed by atoms with Gasteiger partial charge in [-0.25, -0.2) is 7.14 Å². The van der Waals surface area contributed by atoms with Crippen LogP contribution in [0.15, 0.2) is 66.7 Å². The monoisotopic (exact) mass is 464 g/mol. The Balaban J connectivity index is 2.26. The summed E-state index contributed by atoms with van der Waals surface area (Å²) >= 11 is 0. The molecular formula is C29H42BO2P. The molecule has 0 fully saturated rings. The standard InChI is InChI=1S/C29H42BO2P/c1-4-7-22-33(23-8-5-2,24-9-6-3)30-28(21-20-26-16-12-10-13-17-26)29(31)32-25-27-18-14-11-15-19-27/h10-21,28H,4-9,22-25H2,1-3H3/b21-20+. The van der Waals surface area contributed by atoms with Crippen molar-refractivity contribution in [2.45, 2.75) is 71.7 Å². The van der Waals surface area contributed by atoms with Crippen LogP contribution in [-0.4, -0.2) is 31.5 Å². The predicted molar refractivity (Wildman–Crippen MR) is 147 cm³/mol. The van der Waals surface area contributed by atoms with E-state index in [1.165, 1.54) is 57.0 Å². The Labute approximate surface area is 203 Å². The second kappa shape index (κ2) is 15.9. The maximum absolute atomic E-state index is 13.3. The van der Waals surface area contributed by atoms with Crippen LogP contribution in [0.5, 0.6) is 0 Å². The molecule has 0 aliphatic rings. The van der Waals surface area contributed by atoms with E-state index in [1.54, 1.807) is 0 Å². The quantitative estimate of drug-likeness (QED) is 0.142. The molecule has 0 N–H and O–H groups in total. The Kier molecular flexibility index (Phi) is 13.2. The molecule has 0 amide bonds. The minimum atomic E-state index is -1.35. The number of carbonyl (C=O) groups is 1. The third kappa shape index (κ3) is 10.3. The third-order valence-electron chi connectivity index (χ3n) is 6.14. The van der Waals surface area contributed by atoms with Gasteiger partial charge in [0.15, 0.2) is 0 Å². The number of hydrogen-bond donors (Lipinski definition) is 0. The van der Waals surface area contributed by atoms with Crippen molar-refractivity contribution in [3.63, 3.8) is 0 Å². The summed E-state index contributed by atoms with van der Waals surface area (Å²) in [5.41, 5.74) is 2.15. The number of unbranched alkanes of at least 4 members (excludes halogenated alkanes) is 3. The van der Waals surface area contributed by atoms with Gasteiger partial charge >= 0.3 is 0 Å². The first-order valence-electron chi connectivity index (χ1n) is 12.8. The van der Waals surface area contributed by atoms with E-state index in [1.807, 2.05) is 48.5 Å². The Morgan fingerprint density at radius 2 is 1.36 bits per heavy atom. The summed E-state index contributed by atoms with van der Waals surface area (Å²) in [4.78, 5) is 13.3. The van der Waals surface area contributed by atoms with Gasteiger partial charge in [0.25, 0.3) is 5.97 Å². The number of rotatable bonds is 16. The molecule has 33 heavy (non-hydrogen) atoms. The van der Waals surface area contributed by atoms with Crippen molar-refractivity contribution in [1.82, 2.24) is 0 Å². The zero-order chi connectivity index (χ0) is 23.8. The van der Waals surface area contributed by atoms with Crippen LogP contribution < -0.4 is 0 Å². The van der Waals surface area contributed by atoms with E-state index < -0.39 is 7.14 Å². The van der Waals surface area contributed by atoms with Crippen molar-refractivity contribution >= 4 is 26.2 Å². The predicted octanol–water partition coefficient (Wildman–Crippen LogP) is 8.27. The van der Waals surface area contributed by atoms with Gasteiger partial charge in [0.2, 0.25) is 0 Å². The molecule has 0 heterocycles. The lowest BCUT2D eigenvalue weighted by atomic mass is 9.85.